The number of halogens is 1. The van der Waals surface area contributed by atoms with E-state index in [2.05, 4.69) is 38.7 Å². The van der Waals surface area contributed by atoms with Gasteiger partial charge in [0.05, 0.1) is 30.4 Å². The average Bonchev–Trinajstić information content (AvgIpc) is 2.58. The van der Waals surface area contributed by atoms with Crippen molar-refractivity contribution in [3.05, 3.63) is 22.2 Å². The summed E-state index contributed by atoms with van der Waals surface area (Å²) >= 11 is 6.75. The maximum atomic E-state index is 6.75. The second kappa shape index (κ2) is 7.95. The van der Waals surface area contributed by atoms with Gasteiger partial charge in [0.25, 0.3) is 0 Å². The first kappa shape index (κ1) is 19.8. The van der Waals surface area contributed by atoms with E-state index in [1.807, 2.05) is 0 Å². The SMILES string of the molecule is CCCOc1c(OC)cc2c(c1Cl)CCN1CC(OC(C)(C)C)CCC21. The lowest BCUT2D eigenvalue weighted by Crippen LogP contribution is -2.47. The average molecular weight is 382 g/mol. The number of piperidine rings is 1. The summed E-state index contributed by atoms with van der Waals surface area (Å²) in [6, 6.07) is 2.54. The molecule has 2 unspecified atom stereocenters. The number of rotatable bonds is 5. The smallest absolute Gasteiger partial charge is 0.180 e. The van der Waals surface area contributed by atoms with Crippen LogP contribution < -0.4 is 9.47 Å². The zero-order valence-corrected chi connectivity index (χ0v) is 17.5. The summed E-state index contributed by atoms with van der Waals surface area (Å²) in [5, 5.41) is 0.737. The van der Waals surface area contributed by atoms with E-state index < -0.39 is 0 Å². The molecule has 146 valence electrons. The molecule has 0 amide bonds. The quantitative estimate of drug-likeness (QED) is 0.717. The fourth-order valence-corrected chi connectivity index (χ4v) is 4.52. The fraction of sp³-hybridized carbons (Fsp3) is 0.714. The Kier molecular flexibility index (Phi) is 6.05. The molecule has 3 rings (SSSR count). The number of fused-ring (bicyclic) bond motifs is 3. The predicted octanol–water partition coefficient (Wildman–Crippen LogP) is 5.01. The lowest BCUT2D eigenvalue weighted by molar-refractivity contribution is -0.0971. The summed E-state index contributed by atoms with van der Waals surface area (Å²) in [6.07, 6.45) is 4.35. The van der Waals surface area contributed by atoms with Gasteiger partial charge in [0.2, 0.25) is 0 Å². The first-order valence-electron chi connectivity index (χ1n) is 9.78. The van der Waals surface area contributed by atoms with Crippen LogP contribution in [0.5, 0.6) is 11.5 Å². The number of hydrogen-bond donors (Lipinski definition) is 0. The Morgan fingerprint density at radius 3 is 2.69 bits per heavy atom. The molecule has 1 aromatic rings. The van der Waals surface area contributed by atoms with Crippen molar-refractivity contribution in [3.63, 3.8) is 0 Å². The number of ether oxygens (including phenoxy) is 3. The molecular formula is C21H32ClNO3. The van der Waals surface area contributed by atoms with Gasteiger partial charge >= 0.3 is 0 Å². The van der Waals surface area contributed by atoms with Gasteiger partial charge in [0, 0.05) is 19.1 Å². The van der Waals surface area contributed by atoms with Gasteiger partial charge in [0.1, 0.15) is 0 Å². The molecule has 0 spiro atoms. The van der Waals surface area contributed by atoms with Gasteiger partial charge in [-0.3, -0.25) is 4.90 Å². The van der Waals surface area contributed by atoms with E-state index in [0.29, 0.717) is 24.5 Å². The van der Waals surface area contributed by atoms with Crippen molar-refractivity contribution in [1.82, 2.24) is 4.90 Å². The minimum Gasteiger partial charge on any atom is -0.493 e. The van der Waals surface area contributed by atoms with Crippen LogP contribution >= 0.6 is 11.6 Å². The van der Waals surface area contributed by atoms with Crippen molar-refractivity contribution in [1.29, 1.82) is 0 Å². The predicted molar refractivity (Wildman–Crippen MR) is 106 cm³/mol. The maximum Gasteiger partial charge on any atom is 0.180 e. The minimum atomic E-state index is -0.0940. The molecule has 0 saturated carbocycles. The van der Waals surface area contributed by atoms with Crippen LogP contribution in [-0.2, 0) is 11.2 Å². The third-order valence-electron chi connectivity index (χ3n) is 5.16. The summed E-state index contributed by atoms with van der Waals surface area (Å²) in [4.78, 5) is 2.55. The van der Waals surface area contributed by atoms with Crippen molar-refractivity contribution >= 4 is 11.6 Å². The van der Waals surface area contributed by atoms with Crippen molar-refractivity contribution in [2.75, 3.05) is 26.8 Å². The topological polar surface area (TPSA) is 30.9 Å². The van der Waals surface area contributed by atoms with Crippen LogP contribution in [-0.4, -0.2) is 43.4 Å². The summed E-state index contributed by atoms with van der Waals surface area (Å²) in [6.45, 7) is 11.1. The second-order valence-corrected chi connectivity index (χ2v) is 8.71. The molecule has 1 fully saturated rings. The molecular weight excluding hydrogens is 350 g/mol. The fourth-order valence-electron chi connectivity index (χ4n) is 4.16. The van der Waals surface area contributed by atoms with Crippen LogP contribution in [0.15, 0.2) is 6.07 Å². The highest BCUT2D eigenvalue weighted by atomic mass is 35.5. The minimum absolute atomic E-state index is 0.0940. The summed E-state index contributed by atoms with van der Waals surface area (Å²) in [5.74, 6) is 1.45. The van der Waals surface area contributed by atoms with Crippen LogP contribution in [0.3, 0.4) is 0 Å². The zero-order chi connectivity index (χ0) is 18.9. The Morgan fingerprint density at radius 1 is 1.27 bits per heavy atom. The standard InChI is InChI=1S/C21H32ClNO3/c1-6-11-25-20-18(24-5)12-16-15(19(20)22)9-10-23-13-14(7-8-17(16)23)26-21(2,3)4/h12,14,17H,6-11,13H2,1-5H3. The van der Waals surface area contributed by atoms with Gasteiger partial charge in [0.15, 0.2) is 11.5 Å². The number of benzene rings is 1. The van der Waals surface area contributed by atoms with Crippen molar-refractivity contribution in [2.45, 2.75) is 71.1 Å². The van der Waals surface area contributed by atoms with Crippen LogP contribution in [0.4, 0.5) is 0 Å². The summed E-state index contributed by atoms with van der Waals surface area (Å²) in [5.41, 5.74) is 2.44. The van der Waals surface area contributed by atoms with Gasteiger partial charge in [-0.1, -0.05) is 18.5 Å². The number of nitrogens with zero attached hydrogens (tertiary/aromatic N) is 1. The van der Waals surface area contributed by atoms with Gasteiger partial charge in [-0.25, -0.2) is 0 Å². The molecule has 0 aliphatic carbocycles. The van der Waals surface area contributed by atoms with Gasteiger partial charge in [-0.2, -0.15) is 0 Å². The van der Waals surface area contributed by atoms with E-state index in [9.17, 15) is 0 Å². The number of methoxy groups -OCH3 is 1. The molecule has 0 radical (unpaired) electrons. The maximum absolute atomic E-state index is 6.75. The highest BCUT2D eigenvalue weighted by Crippen LogP contribution is 2.47. The van der Waals surface area contributed by atoms with E-state index in [1.165, 1.54) is 11.1 Å². The molecule has 0 aromatic heterocycles. The Morgan fingerprint density at radius 2 is 2.04 bits per heavy atom. The highest BCUT2D eigenvalue weighted by molar-refractivity contribution is 6.33. The zero-order valence-electron chi connectivity index (χ0n) is 16.7. The van der Waals surface area contributed by atoms with Crippen LogP contribution in [0.25, 0.3) is 0 Å². The van der Waals surface area contributed by atoms with E-state index >= 15 is 0 Å². The van der Waals surface area contributed by atoms with Crippen LogP contribution in [0.1, 0.15) is 64.1 Å². The molecule has 2 heterocycles. The molecule has 26 heavy (non-hydrogen) atoms. The van der Waals surface area contributed by atoms with Crippen molar-refractivity contribution < 1.29 is 14.2 Å². The van der Waals surface area contributed by atoms with Crippen molar-refractivity contribution in [2.24, 2.45) is 0 Å². The Bertz CT molecular complexity index is 641. The lowest BCUT2D eigenvalue weighted by atomic mass is 9.85. The molecule has 2 aliphatic heterocycles. The van der Waals surface area contributed by atoms with E-state index in [-0.39, 0.29) is 5.60 Å². The molecule has 0 bridgehead atoms. The van der Waals surface area contributed by atoms with E-state index in [4.69, 9.17) is 25.8 Å². The highest BCUT2D eigenvalue weighted by Gasteiger charge is 2.37. The van der Waals surface area contributed by atoms with Gasteiger partial charge < -0.3 is 14.2 Å². The molecule has 5 heteroatoms. The van der Waals surface area contributed by atoms with Crippen LogP contribution in [0, 0.1) is 0 Å². The Hall–Kier alpha value is -0.970. The first-order chi connectivity index (χ1) is 12.3. The molecule has 0 N–H and O–H groups in total. The summed E-state index contributed by atoms with van der Waals surface area (Å²) in [7, 11) is 1.69. The van der Waals surface area contributed by atoms with E-state index in [1.54, 1.807) is 7.11 Å². The molecule has 1 saturated heterocycles. The molecule has 4 nitrogen and oxygen atoms in total. The molecule has 2 atom stereocenters. The molecule has 2 aliphatic rings. The largest absolute Gasteiger partial charge is 0.493 e. The summed E-state index contributed by atoms with van der Waals surface area (Å²) < 4.78 is 17.7. The monoisotopic (exact) mass is 381 g/mol. The van der Waals surface area contributed by atoms with E-state index in [0.717, 1.165) is 49.5 Å². The third kappa shape index (κ3) is 4.13. The molecule has 1 aromatic carbocycles. The Balaban J connectivity index is 1.85. The normalized spacial score (nSPS) is 23.3. The number of hydrogen-bond acceptors (Lipinski definition) is 4. The van der Waals surface area contributed by atoms with Crippen molar-refractivity contribution in [3.8, 4) is 11.5 Å². The first-order valence-corrected chi connectivity index (χ1v) is 10.2. The van der Waals surface area contributed by atoms with Gasteiger partial charge in [-0.15, -0.1) is 0 Å². The second-order valence-electron chi connectivity index (χ2n) is 8.33. The third-order valence-corrected chi connectivity index (χ3v) is 5.56. The Labute approximate surface area is 162 Å². The van der Waals surface area contributed by atoms with Gasteiger partial charge in [-0.05, 0) is 63.6 Å². The lowest BCUT2D eigenvalue weighted by Gasteiger charge is -2.45. The van der Waals surface area contributed by atoms with Crippen LogP contribution in [0.2, 0.25) is 5.02 Å².